The van der Waals surface area contributed by atoms with Crippen molar-refractivity contribution in [1.29, 1.82) is 0 Å². The maximum absolute atomic E-state index is 14.0. The predicted octanol–water partition coefficient (Wildman–Crippen LogP) is 4.47. The number of amides is 2. The lowest BCUT2D eigenvalue weighted by atomic mass is 10.0. The zero-order chi connectivity index (χ0) is 29.3. The lowest BCUT2D eigenvalue weighted by Crippen LogP contribution is -2.53. The van der Waals surface area contributed by atoms with E-state index in [9.17, 15) is 22.8 Å². The van der Waals surface area contributed by atoms with E-state index in [1.807, 2.05) is 37.3 Å². The first-order valence-corrected chi connectivity index (χ1v) is 15.2. The maximum Gasteiger partial charge on any atom is 0.244 e. The summed E-state index contributed by atoms with van der Waals surface area (Å²) in [6, 6.07) is 21.5. The van der Waals surface area contributed by atoms with Crippen LogP contribution in [0.5, 0.6) is 0 Å². The van der Waals surface area contributed by atoms with Gasteiger partial charge in [0.05, 0.1) is 11.9 Å². The molecule has 10 heteroatoms. The van der Waals surface area contributed by atoms with Crippen LogP contribution in [-0.2, 0) is 32.6 Å². The van der Waals surface area contributed by atoms with Crippen LogP contribution in [-0.4, -0.2) is 56.3 Å². The van der Waals surface area contributed by atoms with E-state index in [1.165, 1.54) is 24.0 Å². The lowest BCUT2D eigenvalue weighted by molar-refractivity contribution is -0.140. The van der Waals surface area contributed by atoms with Gasteiger partial charge in [0.25, 0.3) is 0 Å². The maximum atomic E-state index is 14.0. The van der Waals surface area contributed by atoms with Crippen LogP contribution in [0.2, 0.25) is 5.02 Å². The van der Waals surface area contributed by atoms with E-state index in [2.05, 4.69) is 5.32 Å². The second-order valence-electron chi connectivity index (χ2n) is 9.49. The second-order valence-corrected chi connectivity index (χ2v) is 11.8. The quantitative estimate of drug-likeness (QED) is 0.299. The highest BCUT2D eigenvalue weighted by Gasteiger charge is 2.33. The molecule has 1 N–H and O–H groups in total. The summed E-state index contributed by atoms with van der Waals surface area (Å²) in [6.07, 6.45) is 1.91. The minimum Gasteiger partial charge on any atom is -0.354 e. The van der Waals surface area contributed by atoms with Gasteiger partial charge in [0, 0.05) is 30.1 Å². The molecule has 0 bridgehead atoms. The van der Waals surface area contributed by atoms with Crippen LogP contribution in [0.3, 0.4) is 0 Å². The van der Waals surface area contributed by atoms with E-state index in [-0.39, 0.29) is 30.3 Å². The Kier molecular flexibility index (Phi) is 10.9. The normalized spacial score (nSPS) is 11.9. The molecule has 0 aliphatic rings. The van der Waals surface area contributed by atoms with Gasteiger partial charge in [-0.3, -0.25) is 18.7 Å². The number of rotatable bonds is 13. The minimum atomic E-state index is -3.94. The van der Waals surface area contributed by atoms with Crippen molar-refractivity contribution in [1.82, 2.24) is 10.2 Å². The monoisotopic (exact) mass is 583 g/mol. The first kappa shape index (κ1) is 30.8. The van der Waals surface area contributed by atoms with E-state index in [4.69, 9.17) is 11.6 Å². The molecule has 0 radical (unpaired) electrons. The first-order valence-electron chi connectivity index (χ1n) is 12.9. The largest absolute Gasteiger partial charge is 0.354 e. The molecular formula is C30H34ClN3O5S. The summed E-state index contributed by atoms with van der Waals surface area (Å²) in [5.74, 6) is -1.18. The molecule has 212 valence electrons. The number of benzene rings is 3. The SMILES string of the molecule is CCCNC(=O)C(Cc1ccccc1)N(Cc1ccccc1Cl)C(=O)CN(c1cccc(C(C)=O)c1)S(C)(=O)=O. The molecule has 3 aromatic rings. The molecule has 0 fully saturated rings. The number of sulfonamides is 1. The molecule has 8 nitrogen and oxygen atoms in total. The molecule has 0 saturated heterocycles. The topological polar surface area (TPSA) is 104 Å². The van der Waals surface area contributed by atoms with Crippen LogP contribution in [0.25, 0.3) is 0 Å². The fourth-order valence-corrected chi connectivity index (χ4v) is 5.26. The summed E-state index contributed by atoms with van der Waals surface area (Å²) in [5, 5.41) is 3.31. The molecule has 0 aromatic heterocycles. The van der Waals surface area contributed by atoms with Crippen molar-refractivity contribution >= 4 is 44.9 Å². The second kappa shape index (κ2) is 14.1. The Morgan fingerprint density at radius 1 is 0.950 bits per heavy atom. The van der Waals surface area contributed by atoms with E-state index in [1.54, 1.807) is 36.4 Å². The number of carbonyl (C=O) groups excluding carboxylic acids is 3. The number of nitrogens with one attached hydrogen (secondary N) is 1. The van der Waals surface area contributed by atoms with E-state index in [0.29, 0.717) is 29.1 Å². The Morgan fingerprint density at radius 3 is 2.25 bits per heavy atom. The van der Waals surface area contributed by atoms with Gasteiger partial charge in [-0.1, -0.05) is 79.2 Å². The van der Waals surface area contributed by atoms with Crippen molar-refractivity contribution in [3.8, 4) is 0 Å². The van der Waals surface area contributed by atoms with Crippen molar-refractivity contribution in [2.24, 2.45) is 0 Å². The number of hydrogen-bond acceptors (Lipinski definition) is 5. The molecule has 0 heterocycles. The molecule has 2 amide bonds. The third-order valence-electron chi connectivity index (χ3n) is 6.34. The van der Waals surface area contributed by atoms with Gasteiger partial charge in [0.15, 0.2) is 5.78 Å². The Hall–Kier alpha value is -3.69. The van der Waals surface area contributed by atoms with Crippen LogP contribution in [0.4, 0.5) is 5.69 Å². The van der Waals surface area contributed by atoms with E-state index in [0.717, 1.165) is 16.1 Å². The summed E-state index contributed by atoms with van der Waals surface area (Å²) in [7, 11) is -3.94. The zero-order valence-electron chi connectivity index (χ0n) is 22.8. The van der Waals surface area contributed by atoms with Crippen LogP contribution >= 0.6 is 11.6 Å². The molecule has 1 unspecified atom stereocenters. The van der Waals surface area contributed by atoms with Gasteiger partial charge in [0.1, 0.15) is 12.6 Å². The molecule has 0 aliphatic heterocycles. The molecule has 0 spiro atoms. The van der Waals surface area contributed by atoms with Crippen LogP contribution < -0.4 is 9.62 Å². The molecule has 0 aliphatic carbocycles. The number of nitrogens with zero attached hydrogens (tertiary/aromatic N) is 2. The van der Waals surface area contributed by atoms with E-state index >= 15 is 0 Å². The average Bonchev–Trinajstić information content (AvgIpc) is 2.93. The summed E-state index contributed by atoms with van der Waals surface area (Å²) >= 11 is 6.45. The Morgan fingerprint density at radius 2 is 1.62 bits per heavy atom. The van der Waals surface area contributed by atoms with Crippen molar-refractivity contribution < 1.29 is 22.8 Å². The van der Waals surface area contributed by atoms with Gasteiger partial charge < -0.3 is 10.2 Å². The van der Waals surface area contributed by atoms with Gasteiger partial charge in [0.2, 0.25) is 21.8 Å². The van der Waals surface area contributed by atoms with Gasteiger partial charge >= 0.3 is 0 Å². The highest BCUT2D eigenvalue weighted by Crippen LogP contribution is 2.23. The van der Waals surface area contributed by atoms with E-state index < -0.39 is 28.5 Å². The number of Topliss-reactive ketones (excluding diaryl/α,β-unsaturated/α-hetero) is 1. The highest BCUT2D eigenvalue weighted by atomic mass is 35.5. The number of halogens is 1. The average molecular weight is 584 g/mol. The van der Waals surface area contributed by atoms with Crippen LogP contribution in [0.15, 0.2) is 78.9 Å². The summed E-state index contributed by atoms with van der Waals surface area (Å²) < 4.78 is 26.7. The molecule has 3 aromatic carbocycles. The Balaban J connectivity index is 2.07. The third-order valence-corrected chi connectivity index (χ3v) is 7.85. The first-order chi connectivity index (χ1) is 19.0. The minimum absolute atomic E-state index is 0.0133. The lowest BCUT2D eigenvalue weighted by Gasteiger charge is -2.33. The predicted molar refractivity (Wildman–Crippen MR) is 158 cm³/mol. The molecule has 0 saturated carbocycles. The zero-order valence-corrected chi connectivity index (χ0v) is 24.4. The van der Waals surface area contributed by atoms with Crippen molar-refractivity contribution in [2.75, 3.05) is 23.7 Å². The smallest absolute Gasteiger partial charge is 0.244 e. The summed E-state index contributed by atoms with van der Waals surface area (Å²) in [4.78, 5) is 40.9. The fraction of sp³-hybridized carbons (Fsp3) is 0.300. The Bertz CT molecular complexity index is 1450. The van der Waals surface area contributed by atoms with Gasteiger partial charge in [-0.2, -0.15) is 0 Å². The summed E-state index contributed by atoms with van der Waals surface area (Å²) in [5.41, 5.74) is 1.94. The summed E-state index contributed by atoms with van der Waals surface area (Å²) in [6.45, 7) is 3.14. The van der Waals surface area contributed by atoms with Crippen molar-refractivity contribution in [3.63, 3.8) is 0 Å². The fourth-order valence-electron chi connectivity index (χ4n) is 4.22. The third kappa shape index (κ3) is 8.40. The number of ketones is 1. The van der Waals surface area contributed by atoms with Crippen LogP contribution in [0, 0.1) is 0 Å². The molecular weight excluding hydrogens is 550 g/mol. The molecule has 1 atom stereocenters. The number of anilines is 1. The Labute approximate surface area is 241 Å². The van der Waals surface area contributed by atoms with Gasteiger partial charge in [-0.25, -0.2) is 8.42 Å². The van der Waals surface area contributed by atoms with Crippen molar-refractivity contribution in [2.45, 2.75) is 39.3 Å². The van der Waals surface area contributed by atoms with Crippen molar-refractivity contribution in [3.05, 3.63) is 101 Å². The molecule has 40 heavy (non-hydrogen) atoms. The van der Waals surface area contributed by atoms with Gasteiger partial charge in [-0.05, 0) is 42.7 Å². The molecule has 3 rings (SSSR count). The standard InChI is InChI=1S/C30H34ClN3O5S/c1-4-17-32-30(37)28(18-23-11-6-5-7-12-23)33(20-25-13-8-9-16-27(25)31)29(36)21-34(40(3,38)39)26-15-10-14-24(19-26)22(2)35/h5-16,19,28H,4,17-18,20-21H2,1-3H3,(H,32,37). The highest BCUT2D eigenvalue weighted by molar-refractivity contribution is 7.92. The van der Waals surface area contributed by atoms with Crippen LogP contribution in [0.1, 0.15) is 41.8 Å². The van der Waals surface area contributed by atoms with Gasteiger partial charge in [-0.15, -0.1) is 0 Å². The number of hydrogen-bond donors (Lipinski definition) is 1. The number of carbonyl (C=O) groups is 3.